The van der Waals surface area contributed by atoms with Crippen molar-refractivity contribution in [3.05, 3.63) is 71.5 Å². The third-order valence-corrected chi connectivity index (χ3v) is 4.70. The molecule has 1 aliphatic rings. The van der Waals surface area contributed by atoms with Crippen LogP contribution in [0, 0.1) is 5.82 Å². The third-order valence-electron chi connectivity index (χ3n) is 4.70. The van der Waals surface area contributed by atoms with Gasteiger partial charge in [-0.1, -0.05) is 12.1 Å². The molecule has 2 aromatic heterocycles. The number of halogens is 1. The zero-order chi connectivity index (χ0) is 18.1. The first kappa shape index (κ1) is 16.5. The Morgan fingerprint density at radius 3 is 2.85 bits per heavy atom. The smallest absolute Gasteiger partial charge is 0.272 e. The summed E-state index contributed by atoms with van der Waals surface area (Å²) < 4.78 is 20.5. The second kappa shape index (κ2) is 6.74. The van der Waals surface area contributed by atoms with Crippen molar-refractivity contribution in [3.63, 3.8) is 0 Å². The average Bonchev–Trinajstić information content (AvgIpc) is 3.36. The highest BCUT2D eigenvalue weighted by Gasteiger charge is 2.34. The Labute approximate surface area is 150 Å². The maximum Gasteiger partial charge on any atom is 0.272 e. The van der Waals surface area contributed by atoms with Gasteiger partial charge < -0.3 is 9.32 Å². The van der Waals surface area contributed by atoms with Crippen molar-refractivity contribution in [2.24, 2.45) is 7.05 Å². The predicted molar refractivity (Wildman–Crippen MR) is 91.9 cm³/mol. The fraction of sp³-hybridized carbons (Fsp3) is 0.316. The van der Waals surface area contributed by atoms with Crippen molar-refractivity contribution in [2.75, 3.05) is 6.54 Å². The molecule has 0 bridgehead atoms. The standard InChI is InChI=1S/C19H19FN4O2/c1-23-17(8-9-22-23)19(25)24-10-2-3-16(24)18-21-12-15(26-18)11-13-4-6-14(20)7-5-13/h4-9,12,16H,2-3,10-11H2,1H3/t16-/m0/s1. The summed E-state index contributed by atoms with van der Waals surface area (Å²) >= 11 is 0. The first-order valence-corrected chi connectivity index (χ1v) is 8.60. The molecule has 1 aromatic carbocycles. The van der Waals surface area contributed by atoms with Gasteiger partial charge in [0.25, 0.3) is 5.91 Å². The maximum atomic E-state index is 13.0. The van der Waals surface area contributed by atoms with Crippen LogP contribution < -0.4 is 0 Å². The van der Waals surface area contributed by atoms with Crippen LogP contribution in [0.1, 0.15) is 46.6 Å². The van der Waals surface area contributed by atoms with E-state index in [2.05, 4.69) is 10.1 Å². The zero-order valence-electron chi connectivity index (χ0n) is 14.4. The molecule has 3 aromatic rings. The fourth-order valence-corrected chi connectivity index (χ4v) is 3.36. The van der Waals surface area contributed by atoms with E-state index in [1.807, 2.05) is 0 Å². The van der Waals surface area contributed by atoms with Crippen LogP contribution in [-0.4, -0.2) is 32.1 Å². The van der Waals surface area contributed by atoms with Crippen LogP contribution in [0.15, 0.2) is 47.1 Å². The summed E-state index contributed by atoms with van der Waals surface area (Å²) in [6.07, 6.45) is 5.56. The summed E-state index contributed by atoms with van der Waals surface area (Å²) in [6.45, 7) is 0.671. The molecule has 6 nitrogen and oxygen atoms in total. The molecule has 134 valence electrons. The molecular formula is C19H19FN4O2. The summed E-state index contributed by atoms with van der Waals surface area (Å²) in [5, 5.41) is 4.07. The zero-order valence-corrected chi connectivity index (χ0v) is 14.4. The molecule has 3 heterocycles. The Morgan fingerprint density at radius 1 is 1.31 bits per heavy atom. The number of aryl methyl sites for hydroxylation is 1. The highest BCUT2D eigenvalue weighted by Crippen LogP contribution is 2.33. The van der Waals surface area contributed by atoms with E-state index < -0.39 is 0 Å². The van der Waals surface area contributed by atoms with Crippen molar-refractivity contribution in [1.29, 1.82) is 0 Å². The van der Waals surface area contributed by atoms with E-state index >= 15 is 0 Å². The number of oxazole rings is 1. The number of benzene rings is 1. The molecule has 0 N–H and O–H groups in total. The van der Waals surface area contributed by atoms with Gasteiger partial charge in [-0.2, -0.15) is 5.10 Å². The van der Waals surface area contributed by atoms with Gasteiger partial charge in [0.05, 0.1) is 6.20 Å². The van der Waals surface area contributed by atoms with E-state index in [1.165, 1.54) is 12.1 Å². The number of nitrogens with zero attached hydrogens (tertiary/aromatic N) is 4. The Kier molecular flexibility index (Phi) is 4.28. The quantitative estimate of drug-likeness (QED) is 0.722. The van der Waals surface area contributed by atoms with Crippen LogP contribution in [0.4, 0.5) is 4.39 Å². The Morgan fingerprint density at radius 2 is 2.12 bits per heavy atom. The fourth-order valence-electron chi connectivity index (χ4n) is 3.36. The topological polar surface area (TPSA) is 64.2 Å². The summed E-state index contributed by atoms with van der Waals surface area (Å²) in [4.78, 5) is 19.0. The minimum absolute atomic E-state index is 0.0641. The molecule has 0 aliphatic carbocycles. The first-order valence-electron chi connectivity index (χ1n) is 8.60. The van der Waals surface area contributed by atoms with Crippen molar-refractivity contribution >= 4 is 5.91 Å². The third kappa shape index (κ3) is 3.12. The SMILES string of the molecule is Cn1nccc1C(=O)N1CCC[C@H]1c1ncc(Cc2ccc(F)cc2)o1. The molecular weight excluding hydrogens is 335 g/mol. The number of likely N-dealkylation sites (tertiary alicyclic amines) is 1. The maximum absolute atomic E-state index is 13.0. The van der Waals surface area contributed by atoms with Crippen molar-refractivity contribution in [3.8, 4) is 0 Å². The number of carbonyl (C=O) groups excluding carboxylic acids is 1. The van der Waals surface area contributed by atoms with Crippen LogP contribution in [0.2, 0.25) is 0 Å². The van der Waals surface area contributed by atoms with E-state index in [1.54, 1.807) is 47.2 Å². The predicted octanol–water partition coefficient (Wildman–Crippen LogP) is 3.12. The molecule has 26 heavy (non-hydrogen) atoms. The van der Waals surface area contributed by atoms with Gasteiger partial charge in [-0.05, 0) is 36.6 Å². The molecule has 1 fully saturated rings. The molecule has 1 aliphatic heterocycles. The number of rotatable bonds is 4. The van der Waals surface area contributed by atoms with Gasteiger partial charge in [0.2, 0.25) is 5.89 Å². The van der Waals surface area contributed by atoms with Crippen LogP contribution >= 0.6 is 0 Å². The normalized spacial score (nSPS) is 17.0. The molecule has 0 saturated carbocycles. The van der Waals surface area contributed by atoms with Gasteiger partial charge in [0, 0.05) is 26.2 Å². The molecule has 1 amide bonds. The lowest BCUT2D eigenvalue weighted by Crippen LogP contribution is -2.32. The summed E-state index contributed by atoms with van der Waals surface area (Å²) in [6, 6.07) is 7.86. The van der Waals surface area contributed by atoms with Crippen LogP contribution in [0.3, 0.4) is 0 Å². The molecule has 0 radical (unpaired) electrons. The van der Waals surface area contributed by atoms with Gasteiger partial charge in [0.1, 0.15) is 23.3 Å². The minimum atomic E-state index is -0.262. The van der Waals surface area contributed by atoms with Gasteiger partial charge in [-0.15, -0.1) is 0 Å². The second-order valence-corrected chi connectivity index (χ2v) is 6.46. The highest BCUT2D eigenvalue weighted by atomic mass is 19.1. The number of hydrogen-bond donors (Lipinski definition) is 0. The van der Waals surface area contributed by atoms with Crippen LogP contribution in [0.5, 0.6) is 0 Å². The van der Waals surface area contributed by atoms with Gasteiger partial charge in [-0.3, -0.25) is 9.48 Å². The average molecular weight is 354 g/mol. The molecule has 4 rings (SSSR count). The molecule has 0 unspecified atom stereocenters. The van der Waals surface area contributed by atoms with Crippen molar-refractivity contribution in [1.82, 2.24) is 19.7 Å². The monoisotopic (exact) mass is 354 g/mol. The molecule has 1 atom stereocenters. The van der Waals surface area contributed by atoms with E-state index in [0.717, 1.165) is 18.4 Å². The van der Waals surface area contributed by atoms with E-state index in [-0.39, 0.29) is 17.8 Å². The lowest BCUT2D eigenvalue weighted by atomic mass is 10.1. The van der Waals surface area contributed by atoms with Gasteiger partial charge in [-0.25, -0.2) is 9.37 Å². The Balaban J connectivity index is 1.52. The largest absolute Gasteiger partial charge is 0.443 e. The lowest BCUT2D eigenvalue weighted by Gasteiger charge is -2.22. The van der Waals surface area contributed by atoms with Crippen molar-refractivity contribution in [2.45, 2.75) is 25.3 Å². The lowest BCUT2D eigenvalue weighted by molar-refractivity contribution is 0.0703. The summed E-state index contributed by atoms with van der Waals surface area (Å²) in [5.74, 6) is 0.926. The molecule has 0 spiro atoms. The van der Waals surface area contributed by atoms with E-state index in [4.69, 9.17) is 4.42 Å². The number of carbonyl (C=O) groups is 1. The van der Waals surface area contributed by atoms with E-state index in [9.17, 15) is 9.18 Å². The number of amides is 1. The highest BCUT2D eigenvalue weighted by molar-refractivity contribution is 5.92. The van der Waals surface area contributed by atoms with Gasteiger partial charge in [0.15, 0.2) is 0 Å². The second-order valence-electron chi connectivity index (χ2n) is 6.46. The Bertz CT molecular complexity index is 916. The summed E-state index contributed by atoms with van der Waals surface area (Å²) in [7, 11) is 1.75. The van der Waals surface area contributed by atoms with E-state index in [0.29, 0.717) is 30.3 Å². The first-order chi connectivity index (χ1) is 12.6. The summed E-state index contributed by atoms with van der Waals surface area (Å²) in [5.41, 5.74) is 1.50. The van der Waals surface area contributed by atoms with Crippen LogP contribution in [0.25, 0.3) is 0 Å². The molecule has 1 saturated heterocycles. The Hall–Kier alpha value is -2.96. The number of hydrogen-bond acceptors (Lipinski definition) is 4. The van der Waals surface area contributed by atoms with Crippen LogP contribution in [-0.2, 0) is 13.5 Å². The van der Waals surface area contributed by atoms with Crippen molar-refractivity contribution < 1.29 is 13.6 Å². The minimum Gasteiger partial charge on any atom is -0.443 e. The number of aromatic nitrogens is 3. The molecule has 7 heteroatoms. The van der Waals surface area contributed by atoms with Gasteiger partial charge >= 0.3 is 0 Å².